The Balaban J connectivity index is 2.11. The molecular formula is C14H11ClN6O4. The molecule has 0 radical (unpaired) electrons. The van der Waals surface area contributed by atoms with Gasteiger partial charge in [0.05, 0.1) is 16.0 Å². The second-order valence-electron chi connectivity index (χ2n) is 5.11. The Morgan fingerprint density at radius 1 is 1.44 bits per heavy atom. The molecule has 3 aromatic rings. The van der Waals surface area contributed by atoms with Crippen molar-refractivity contribution in [1.29, 1.82) is 0 Å². The highest BCUT2D eigenvalue weighted by atomic mass is 35.5. The number of aromatic nitrogens is 4. The number of carboxylic acids is 1. The lowest BCUT2D eigenvalue weighted by atomic mass is 10.3. The van der Waals surface area contributed by atoms with Crippen molar-refractivity contribution >= 4 is 40.1 Å². The number of halogens is 1. The van der Waals surface area contributed by atoms with E-state index in [0.717, 1.165) is 6.20 Å². The van der Waals surface area contributed by atoms with Crippen molar-refractivity contribution in [2.24, 2.45) is 0 Å². The van der Waals surface area contributed by atoms with Crippen LogP contribution < -0.4 is 5.32 Å². The van der Waals surface area contributed by atoms with Crippen LogP contribution in [0.4, 0.5) is 11.5 Å². The maximum absolute atomic E-state index is 11.1. The summed E-state index contributed by atoms with van der Waals surface area (Å²) in [5.74, 6) is -1.28. The minimum absolute atomic E-state index is 0.0930. The predicted octanol–water partition coefficient (Wildman–Crippen LogP) is 2.26. The van der Waals surface area contributed by atoms with E-state index in [1.807, 2.05) is 0 Å². The van der Waals surface area contributed by atoms with Gasteiger partial charge in [-0.2, -0.15) is 4.98 Å². The van der Waals surface area contributed by atoms with Crippen molar-refractivity contribution in [1.82, 2.24) is 19.5 Å². The molecule has 0 aliphatic heterocycles. The molecule has 0 bridgehead atoms. The summed E-state index contributed by atoms with van der Waals surface area (Å²) >= 11 is 5.99. The minimum atomic E-state index is -1.17. The largest absolute Gasteiger partial charge is 0.480 e. The number of carbonyl (C=O) groups is 1. The monoisotopic (exact) mass is 362 g/mol. The number of aliphatic carboxylic acids is 1. The number of carboxylic acid groups (broad SMARTS) is 1. The molecule has 1 atom stereocenters. The molecule has 2 heterocycles. The van der Waals surface area contributed by atoms with Crippen LogP contribution in [0.1, 0.15) is 6.92 Å². The van der Waals surface area contributed by atoms with Crippen LogP contribution in [0.25, 0.3) is 17.0 Å². The molecule has 10 nitrogen and oxygen atoms in total. The first-order valence-corrected chi connectivity index (χ1v) is 7.38. The van der Waals surface area contributed by atoms with Gasteiger partial charge in [0.25, 0.3) is 0 Å². The zero-order chi connectivity index (χ0) is 18.1. The predicted molar refractivity (Wildman–Crippen MR) is 89.0 cm³/mol. The first-order chi connectivity index (χ1) is 11.9. The van der Waals surface area contributed by atoms with Gasteiger partial charge in [-0.05, 0) is 25.1 Å². The normalized spacial score (nSPS) is 12.1. The summed E-state index contributed by atoms with van der Waals surface area (Å²) in [6.45, 7) is 1.35. The number of nitrogens with zero attached hydrogens (tertiary/aromatic N) is 5. The number of fused-ring (bicyclic) bond motifs is 1. The minimum Gasteiger partial charge on any atom is -0.480 e. The Morgan fingerprint density at radius 2 is 2.20 bits per heavy atom. The fourth-order valence-corrected chi connectivity index (χ4v) is 2.30. The highest BCUT2D eigenvalue weighted by molar-refractivity contribution is 6.31. The Morgan fingerprint density at radius 3 is 2.88 bits per heavy atom. The summed E-state index contributed by atoms with van der Waals surface area (Å²) in [5, 5.41) is 23.1. The highest BCUT2D eigenvalue weighted by Gasteiger charge is 2.22. The molecule has 0 spiro atoms. The quantitative estimate of drug-likeness (QED) is 0.521. The third-order valence-electron chi connectivity index (χ3n) is 3.40. The van der Waals surface area contributed by atoms with Crippen LogP contribution >= 0.6 is 11.6 Å². The van der Waals surface area contributed by atoms with E-state index in [1.54, 1.807) is 18.2 Å². The Bertz CT molecular complexity index is 989. The van der Waals surface area contributed by atoms with Gasteiger partial charge in [0.15, 0.2) is 0 Å². The average molecular weight is 363 g/mol. The zero-order valence-electron chi connectivity index (χ0n) is 12.8. The fourth-order valence-electron chi connectivity index (χ4n) is 2.13. The van der Waals surface area contributed by atoms with Crippen LogP contribution in [0.3, 0.4) is 0 Å². The van der Waals surface area contributed by atoms with Gasteiger partial charge in [0, 0.05) is 5.02 Å². The molecule has 0 fully saturated rings. The summed E-state index contributed by atoms with van der Waals surface area (Å²) in [5.41, 5.74) is 0.817. The molecule has 3 rings (SSSR count). The second-order valence-corrected chi connectivity index (χ2v) is 5.55. The Kier molecular flexibility index (Phi) is 4.19. The molecular weight excluding hydrogens is 352 g/mol. The molecule has 2 N–H and O–H groups in total. The molecule has 0 amide bonds. The molecule has 1 aromatic carbocycles. The van der Waals surface area contributed by atoms with Crippen LogP contribution in [-0.2, 0) is 4.79 Å². The van der Waals surface area contributed by atoms with Crippen LogP contribution in [0.2, 0.25) is 5.02 Å². The Labute approximate surface area is 145 Å². The smallest absolute Gasteiger partial charge is 0.329 e. The number of nitrogens with one attached hydrogen (secondary N) is 1. The maximum Gasteiger partial charge on any atom is 0.329 e. The van der Waals surface area contributed by atoms with E-state index in [-0.39, 0.29) is 11.8 Å². The number of rotatable bonds is 5. The summed E-state index contributed by atoms with van der Waals surface area (Å²) in [7, 11) is 0. The van der Waals surface area contributed by atoms with E-state index in [1.165, 1.54) is 17.8 Å². The number of hydrogen-bond donors (Lipinski definition) is 2. The van der Waals surface area contributed by atoms with E-state index in [2.05, 4.69) is 20.3 Å². The summed E-state index contributed by atoms with van der Waals surface area (Å²) in [4.78, 5) is 33.7. The van der Waals surface area contributed by atoms with Gasteiger partial charge in [-0.25, -0.2) is 9.97 Å². The van der Waals surface area contributed by atoms with Gasteiger partial charge in [0.2, 0.25) is 11.8 Å². The van der Waals surface area contributed by atoms with Gasteiger partial charge in [-0.1, -0.05) is 11.6 Å². The molecule has 0 saturated heterocycles. The Hall–Kier alpha value is -3.27. The van der Waals surface area contributed by atoms with E-state index >= 15 is 0 Å². The van der Waals surface area contributed by atoms with Crippen molar-refractivity contribution in [2.75, 3.05) is 5.32 Å². The van der Waals surface area contributed by atoms with Crippen LogP contribution in [0.15, 0.2) is 30.7 Å². The molecule has 0 aliphatic carbocycles. The van der Waals surface area contributed by atoms with Crippen LogP contribution in [-0.4, -0.2) is 41.6 Å². The lowest BCUT2D eigenvalue weighted by Crippen LogP contribution is -2.26. The average Bonchev–Trinajstić information content (AvgIpc) is 2.97. The first kappa shape index (κ1) is 16.6. The van der Waals surface area contributed by atoms with Crippen molar-refractivity contribution in [3.63, 3.8) is 0 Å². The van der Waals surface area contributed by atoms with Crippen molar-refractivity contribution in [2.45, 2.75) is 13.0 Å². The number of benzene rings is 1. The second kappa shape index (κ2) is 6.32. The summed E-state index contributed by atoms with van der Waals surface area (Å²) in [6, 6.07) is 3.97. The fraction of sp³-hybridized carbons (Fsp3) is 0.143. The standard InChI is InChI=1S/C14H11ClN6O4/c1-7(13(22)23)18-12-11(21(24)25)5-16-14(19-12)20-6-17-9-3-2-8(15)4-10(9)20/h2-7H,1H3,(H,22,23)(H,16,18,19). The first-order valence-electron chi connectivity index (χ1n) is 7.00. The molecule has 25 heavy (non-hydrogen) atoms. The molecule has 128 valence electrons. The van der Waals surface area contributed by atoms with E-state index < -0.39 is 22.6 Å². The molecule has 0 aliphatic rings. The lowest BCUT2D eigenvalue weighted by molar-refractivity contribution is -0.384. The van der Waals surface area contributed by atoms with E-state index in [0.29, 0.717) is 16.1 Å². The van der Waals surface area contributed by atoms with Gasteiger partial charge in [-0.15, -0.1) is 0 Å². The molecule has 0 saturated carbocycles. The van der Waals surface area contributed by atoms with Crippen molar-refractivity contribution < 1.29 is 14.8 Å². The third kappa shape index (κ3) is 3.19. The number of anilines is 1. The summed E-state index contributed by atoms with van der Waals surface area (Å²) in [6.07, 6.45) is 2.46. The van der Waals surface area contributed by atoms with Crippen molar-refractivity contribution in [3.05, 3.63) is 45.9 Å². The van der Waals surface area contributed by atoms with E-state index in [4.69, 9.17) is 16.7 Å². The zero-order valence-corrected chi connectivity index (χ0v) is 13.5. The van der Waals surface area contributed by atoms with Gasteiger partial charge >= 0.3 is 11.7 Å². The number of imidazole rings is 1. The summed E-state index contributed by atoms with van der Waals surface area (Å²) < 4.78 is 1.50. The van der Waals surface area contributed by atoms with Crippen molar-refractivity contribution in [3.8, 4) is 5.95 Å². The van der Waals surface area contributed by atoms with Crippen LogP contribution in [0.5, 0.6) is 0 Å². The maximum atomic E-state index is 11.1. The molecule has 11 heteroatoms. The van der Waals surface area contributed by atoms with E-state index in [9.17, 15) is 14.9 Å². The van der Waals surface area contributed by atoms with Crippen LogP contribution in [0, 0.1) is 10.1 Å². The topological polar surface area (TPSA) is 136 Å². The molecule has 2 aromatic heterocycles. The molecule has 1 unspecified atom stereocenters. The highest BCUT2D eigenvalue weighted by Crippen LogP contribution is 2.25. The SMILES string of the molecule is CC(Nc1nc(-n2cnc3ccc(Cl)cc32)ncc1[N+](=O)[O-])C(=O)O. The third-order valence-corrected chi connectivity index (χ3v) is 3.64. The van der Waals surface area contributed by atoms with Gasteiger partial charge in [-0.3, -0.25) is 19.5 Å². The van der Waals surface area contributed by atoms with Gasteiger partial charge < -0.3 is 10.4 Å². The number of hydrogen-bond acceptors (Lipinski definition) is 7. The van der Waals surface area contributed by atoms with Gasteiger partial charge in [0.1, 0.15) is 18.6 Å². The number of nitro groups is 1. The lowest BCUT2D eigenvalue weighted by Gasteiger charge is -2.11.